The predicted molar refractivity (Wildman–Crippen MR) is 81.8 cm³/mol. The second kappa shape index (κ2) is 8.33. The summed E-state index contributed by atoms with van der Waals surface area (Å²) in [5.74, 6) is 0.290. The summed E-state index contributed by atoms with van der Waals surface area (Å²) >= 11 is 0. The predicted octanol–water partition coefficient (Wildman–Crippen LogP) is 1.25. The van der Waals surface area contributed by atoms with Crippen LogP contribution in [0.5, 0.6) is 5.75 Å². The van der Waals surface area contributed by atoms with E-state index < -0.39 is 10.0 Å². The van der Waals surface area contributed by atoms with Crippen LogP contribution < -0.4 is 15.2 Å². The van der Waals surface area contributed by atoms with Gasteiger partial charge in [-0.1, -0.05) is 19.4 Å². The van der Waals surface area contributed by atoms with Crippen LogP contribution in [0.3, 0.4) is 0 Å². The molecular weight excluding hydrogens is 292 g/mol. The third kappa shape index (κ3) is 4.96. The number of nitrogens with two attached hydrogens (primary N) is 1. The molecule has 7 heteroatoms. The van der Waals surface area contributed by atoms with Crippen LogP contribution in [0.2, 0.25) is 0 Å². The first-order chi connectivity index (χ1) is 9.98. The molecule has 6 nitrogen and oxygen atoms in total. The van der Waals surface area contributed by atoms with Gasteiger partial charge in [-0.2, -0.15) is 0 Å². The minimum absolute atomic E-state index is 0.111. The zero-order chi connectivity index (χ0) is 15.9. The van der Waals surface area contributed by atoms with E-state index in [9.17, 15) is 8.42 Å². The molecule has 0 heterocycles. The number of ether oxygens (including phenoxy) is 2. The van der Waals surface area contributed by atoms with Crippen LogP contribution in [-0.2, 0) is 21.3 Å². The monoisotopic (exact) mass is 316 g/mol. The highest BCUT2D eigenvalue weighted by atomic mass is 32.2. The van der Waals surface area contributed by atoms with Crippen LogP contribution in [0.4, 0.5) is 0 Å². The van der Waals surface area contributed by atoms with Crippen LogP contribution in [0.15, 0.2) is 23.1 Å². The average Bonchev–Trinajstić information content (AvgIpc) is 2.46. The molecule has 0 aromatic heterocycles. The summed E-state index contributed by atoms with van der Waals surface area (Å²) in [4.78, 5) is 0.111. The largest absolute Gasteiger partial charge is 0.495 e. The molecule has 0 aliphatic carbocycles. The normalized spacial score (nSPS) is 13.1. The lowest BCUT2D eigenvalue weighted by molar-refractivity contribution is 0.171. The molecule has 21 heavy (non-hydrogen) atoms. The number of rotatable bonds is 9. The van der Waals surface area contributed by atoms with Gasteiger partial charge >= 0.3 is 0 Å². The maximum atomic E-state index is 12.5. The molecule has 0 amide bonds. The van der Waals surface area contributed by atoms with Crippen LogP contribution in [-0.4, -0.2) is 35.3 Å². The summed E-state index contributed by atoms with van der Waals surface area (Å²) in [6, 6.07) is 4.57. The molecule has 3 N–H and O–H groups in total. The first kappa shape index (κ1) is 17.9. The van der Waals surface area contributed by atoms with Crippen molar-refractivity contribution in [3.05, 3.63) is 23.8 Å². The molecule has 0 spiro atoms. The van der Waals surface area contributed by atoms with Crippen molar-refractivity contribution in [3.8, 4) is 5.75 Å². The lowest BCUT2D eigenvalue weighted by atomic mass is 10.2. The van der Waals surface area contributed by atoms with Gasteiger partial charge in [-0.25, -0.2) is 13.1 Å². The Morgan fingerprint density at radius 2 is 2.05 bits per heavy atom. The van der Waals surface area contributed by atoms with E-state index in [0.717, 1.165) is 12.0 Å². The number of hydrogen-bond acceptors (Lipinski definition) is 5. The van der Waals surface area contributed by atoms with Crippen molar-refractivity contribution >= 4 is 10.0 Å². The second-order valence-electron chi connectivity index (χ2n) is 4.75. The zero-order valence-electron chi connectivity index (χ0n) is 12.8. The number of hydrogen-bond donors (Lipinski definition) is 2. The van der Waals surface area contributed by atoms with Gasteiger partial charge in [0.1, 0.15) is 10.6 Å². The molecule has 0 aliphatic rings. The summed E-state index contributed by atoms with van der Waals surface area (Å²) in [7, 11) is -0.680. The van der Waals surface area contributed by atoms with Gasteiger partial charge in [0.15, 0.2) is 0 Å². The highest BCUT2D eigenvalue weighted by molar-refractivity contribution is 7.89. The quantitative estimate of drug-likeness (QED) is 0.715. The fourth-order valence-corrected chi connectivity index (χ4v) is 3.48. The minimum atomic E-state index is -3.67. The van der Waals surface area contributed by atoms with Crippen LogP contribution in [0, 0.1) is 0 Å². The van der Waals surface area contributed by atoms with Crippen LogP contribution >= 0.6 is 0 Å². The number of benzene rings is 1. The second-order valence-corrected chi connectivity index (χ2v) is 6.43. The molecular formula is C14H24N2O4S. The molecule has 0 saturated carbocycles. The Morgan fingerprint density at radius 1 is 1.33 bits per heavy atom. The smallest absolute Gasteiger partial charge is 0.244 e. The van der Waals surface area contributed by atoms with E-state index in [0.29, 0.717) is 19.6 Å². The molecule has 1 aromatic rings. The van der Waals surface area contributed by atoms with Crippen molar-refractivity contribution in [2.75, 3.05) is 20.8 Å². The van der Waals surface area contributed by atoms with E-state index in [4.69, 9.17) is 15.2 Å². The van der Waals surface area contributed by atoms with Crippen LogP contribution in [0.1, 0.15) is 25.3 Å². The SMILES string of the molecule is CCCC(COC)NS(=O)(=O)c1ccc(CN)cc1OC. The van der Waals surface area contributed by atoms with Gasteiger partial charge in [0.25, 0.3) is 0 Å². The van der Waals surface area contributed by atoms with Crippen molar-refractivity contribution < 1.29 is 17.9 Å². The van der Waals surface area contributed by atoms with Crippen molar-refractivity contribution in [2.45, 2.75) is 37.2 Å². The van der Waals surface area contributed by atoms with Gasteiger partial charge in [0, 0.05) is 19.7 Å². The Balaban J connectivity index is 3.06. The molecule has 120 valence electrons. The Hall–Kier alpha value is -1.15. The molecule has 1 aromatic carbocycles. The standard InChI is InChI=1S/C14H24N2O4S/c1-4-5-12(10-19-2)16-21(17,18)14-7-6-11(9-15)8-13(14)20-3/h6-8,12,16H,4-5,9-10,15H2,1-3H3. The van der Waals surface area contributed by atoms with Crippen molar-refractivity contribution in [1.29, 1.82) is 0 Å². The Labute approximate surface area is 126 Å². The third-order valence-corrected chi connectivity index (χ3v) is 4.64. The van der Waals surface area contributed by atoms with Gasteiger partial charge in [-0.15, -0.1) is 0 Å². The topological polar surface area (TPSA) is 90.7 Å². The average molecular weight is 316 g/mol. The zero-order valence-corrected chi connectivity index (χ0v) is 13.6. The number of methoxy groups -OCH3 is 2. The highest BCUT2D eigenvalue weighted by Gasteiger charge is 2.23. The van der Waals surface area contributed by atoms with Gasteiger partial charge in [0.2, 0.25) is 10.0 Å². The molecule has 1 atom stereocenters. The number of sulfonamides is 1. The molecule has 0 saturated heterocycles. The maximum absolute atomic E-state index is 12.5. The van der Waals surface area contributed by atoms with E-state index >= 15 is 0 Å². The highest BCUT2D eigenvalue weighted by Crippen LogP contribution is 2.25. The fraction of sp³-hybridized carbons (Fsp3) is 0.571. The van der Waals surface area contributed by atoms with Gasteiger partial charge in [-0.05, 0) is 24.1 Å². The lowest BCUT2D eigenvalue weighted by Crippen LogP contribution is -2.38. The first-order valence-corrected chi connectivity index (χ1v) is 8.35. The van der Waals surface area contributed by atoms with Crippen LogP contribution in [0.25, 0.3) is 0 Å². The summed E-state index contributed by atoms with van der Waals surface area (Å²) in [6.45, 7) is 2.65. The van der Waals surface area contributed by atoms with Gasteiger partial charge in [0.05, 0.1) is 13.7 Å². The number of nitrogens with one attached hydrogen (secondary N) is 1. The molecule has 0 fully saturated rings. The first-order valence-electron chi connectivity index (χ1n) is 6.86. The Morgan fingerprint density at radius 3 is 2.57 bits per heavy atom. The molecule has 0 bridgehead atoms. The van der Waals surface area contributed by atoms with E-state index in [1.807, 2.05) is 6.92 Å². The Bertz CT molecular complexity index is 540. The van der Waals surface area contributed by atoms with Crippen molar-refractivity contribution in [2.24, 2.45) is 5.73 Å². The minimum Gasteiger partial charge on any atom is -0.495 e. The van der Waals surface area contributed by atoms with E-state index in [1.165, 1.54) is 13.2 Å². The molecule has 1 unspecified atom stereocenters. The lowest BCUT2D eigenvalue weighted by Gasteiger charge is -2.18. The van der Waals surface area contributed by atoms with Crippen molar-refractivity contribution in [1.82, 2.24) is 4.72 Å². The van der Waals surface area contributed by atoms with Crippen molar-refractivity contribution in [3.63, 3.8) is 0 Å². The van der Waals surface area contributed by atoms with Gasteiger partial charge in [-0.3, -0.25) is 0 Å². The molecule has 0 radical (unpaired) electrons. The summed E-state index contributed by atoms with van der Waals surface area (Å²) < 4.78 is 37.9. The van der Waals surface area contributed by atoms with E-state index in [2.05, 4.69) is 4.72 Å². The maximum Gasteiger partial charge on any atom is 0.244 e. The van der Waals surface area contributed by atoms with Gasteiger partial charge < -0.3 is 15.2 Å². The third-order valence-electron chi connectivity index (χ3n) is 3.08. The fourth-order valence-electron chi connectivity index (χ4n) is 2.07. The summed E-state index contributed by atoms with van der Waals surface area (Å²) in [5.41, 5.74) is 6.37. The summed E-state index contributed by atoms with van der Waals surface area (Å²) in [6.07, 6.45) is 1.57. The molecule has 0 aliphatic heterocycles. The van der Waals surface area contributed by atoms with E-state index in [-0.39, 0.29) is 16.7 Å². The summed E-state index contributed by atoms with van der Waals surface area (Å²) in [5, 5.41) is 0. The Kier molecular flexibility index (Phi) is 7.10. The molecule has 1 rings (SSSR count). The van der Waals surface area contributed by atoms with E-state index in [1.54, 1.807) is 19.2 Å².